The second-order valence-corrected chi connectivity index (χ2v) is 4.34. The van der Waals surface area contributed by atoms with Crippen LogP contribution >= 0.6 is 0 Å². The number of aryl methyl sites for hydroxylation is 1. The highest BCUT2D eigenvalue weighted by atomic mass is 16.2. The monoisotopic (exact) mass is 222 g/mol. The molecular weight excluding hydrogens is 204 g/mol. The molecule has 1 fully saturated rings. The summed E-state index contributed by atoms with van der Waals surface area (Å²) in [6.45, 7) is 1.61. The Hall–Kier alpha value is -1.36. The number of nitrogens with one attached hydrogen (secondary N) is 1. The molecular formula is C11H18N4O. The van der Waals surface area contributed by atoms with Gasteiger partial charge in [0, 0.05) is 45.8 Å². The minimum atomic E-state index is 0.249. The van der Waals surface area contributed by atoms with Crippen LogP contribution in [0, 0.1) is 0 Å². The van der Waals surface area contributed by atoms with Crippen LogP contribution in [0.15, 0.2) is 12.3 Å². The summed E-state index contributed by atoms with van der Waals surface area (Å²) >= 11 is 0. The molecule has 88 valence electrons. The molecule has 1 atom stereocenters. The Kier molecular flexibility index (Phi) is 3.24. The van der Waals surface area contributed by atoms with E-state index in [1.54, 1.807) is 11.1 Å². The van der Waals surface area contributed by atoms with Crippen molar-refractivity contribution in [1.82, 2.24) is 20.0 Å². The summed E-state index contributed by atoms with van der Waals surface area (Å²) in [4.78, 5) is 13.1. The number of carbonyl (C=O) groups excluding carboxylic acids is 1. The lowest BCUT2D eigenvalue weighted by Gasteiger charge is -2.30. The summed E-state index contributed by atoms with van der Waals surface area (Å²) in [6, 6.07) is 2.41. The third-order valence-electron chi connectivity index (χ3n) is 3.12. The molecule has 0 aliphatic carbocycles. The zero-order valence-electron chi connectivity index (χ0n) is 9.81. The van der Waals surface area contributed by atoms with Gasteiger partial charge >= 0.3 is 0 Å². The second kappa shape index (κ2) is 4.65. The first-order valence-electron chi connectivity index (χ1n) is 5.61. The van der Waals surface area contributed by atoms with Gasteiger partial charge in [0.25, 0.3) is 0 Å². The highest BCUT2D eigenvalue weighted by Gasteiger charge is 2.22. The standard InChI is InChI=1S/C11H18N4O/c1-14-8-9(3-4-11(14)16)12-7-10-5-6-13-15(10)2/h5-6,9,12H,3-4,7-8H2,1-2H3. The summed E-state index contributed by atoms with van der Waals surface area (Å²) in [6.07, 6.45) is 3.38. The van der Waals surface area contributed by atoms with Crippen molar-refractivity contribution in [3.63, 3.8) is 0 Å². The number of carbonyl (C=O) groups is 1. The van der Waals surface area contributed by atoms with E-state index >= 15 is 0 Å². The molecule has 0 radical (unpaired) electrons. The van der Waals surface area contributed by atoms with Crippen LogP contribution in [0.4, 0.5) is 0 Å². The van der Waals surface area contributed by atoms with Gasteiger partial charge in [-0.1, -0.05) is 0 Å². The quantitative estimate of drug-likeness (QED) is 0.791. The molecule has 1 aromatic rings. The predicted molar refractivity (Wildman–Crippen MR) is 60.7 cm³/mol. The van der Waals surface area contributed by atoms with E-state index in [0.29, 0.717) is 12.5 Å². The first-order chi connectivity index (χ1) is 7.66. The number of hydrogen-bond acceptors (Lipinski definition) is 3. The molecule has 0 aromatic carbocycles. The van der Waals surface area contributed by atoms with E-state index < -0.39 is 0 Å². The van der Waals surface area contributed by atoms with Gasteiger partial charge in [-0.3, -0.25) is 9.48 Å². The Morgan fingerprint density at radius 2 is 2.38 bits per heavy atom. The third kappa shape index (κ3) is 2.41. The minimum absolute atomic E-state index is 0.249. The van der Waals surface area contributed by atoms with Gasteiger partial charge in [0.1, 0.15) is 0 Å². The number of likely N-dealkylation sites (N-methyl/N-ethyl adjacent to an activating group) is 1. The van der Waals surface area contributed by atoms with E-state index in [4.69, 9.17) is 0 Å². The summed E-state index contributed by atoms with van der Waals surface area (Å²) in [7, 11) is 3.80. The maximum absolute atomic E-state index is 11.3. The molecule has 5 heteroatoms. The molecule has 2 heterocycles. The summed E-state index contributed by atoms with van der Waals surface area (Å²) in [5.74, 6) is 0.249. The summed E-state index contributed by atoms with van der Waals surface area (Å²) < 4.78 is 1.87. The van der Waals surface area contributed by atoms with E-state index in [0.717, 1.165) is 19.5 Å². The van der Waals surface area contributed by atoms with Gasteiger partial charge in [-0.15, -0.1) is 0 Å². The largest absolute Gasteiger partial charge is 0.344 e. The van der Waals surface area contributed by atoms with Crippen LogP contribution in [0.2, 0.25) is 0 Å². The zero-order valence-corrected chi connectivity index (χ0v) is 9.81. The average Bonchev–Trinajstić information content (AvgIpc) is 2.66. The van der Waals surface area contributed by atoms with E-state index in [9.17, 15) is 4.79 Å². The van der Waals surface area contributed by atoms with Crippen molar-refractivity contribution >= 4 is 5.91 Å². The van der Waals surface area contributed by atoms with Crippen LogP contribution in [0.1, 0.15) is 18.5 Å². The van der Waals surface area contributed by atoms with Gasteiger partial charge in [0.15, 0.2) is 0 Å². The van der Waals surface area contributed by atoms with Crippen LogP contribution < -0.4 is 5.32 Å². The Morgan fingerprint density at radius 3 is 3.00 bits per heavy atom. The second-order valence-electron chi connectivity index (χ2n) is 4.34. The molecule has 1 saturated heterocycles. The fraction of sp³-hybridized carbons (Fsp3) is 0.636. The molecule has 0 spiro atoms. The Morgan fingerprint density at radius 1 is 1.56 bits per heavy atom. The summed E-state index contributed by atoms with van der Waals surface area (Å²) in [5, 5.41) is 7.58. The molecule has 1 amide bonds. The highest BCUT2D eigenvalue weighted by molar-refractivity contribution is 5.76. The number of aromatic nitrogens is 2. The van der Waals surface area contributed by atoms with Crippen molar-refractivity contribution in [3.05, 3.63) is 18.0 Å². The molecule has 0 bridgehead atoms. The van der Waals surface area contributed by atoms with Crippen molar-refractivity contribution in [2.45, 2.75) is 25.4 Å². The molecule has 1 aromatic heterocycles. The fourth-order valence-electron chi connectivity index (χ4n) is 2.00. The average molecular weight is 222 g/mol. The molecule has 1 N–H and O–H groups in total. The van der Waals surface area contributed by atoms with Gasteiger partial charge in [-0.05, 0) is 12.5 Å². The fourth-order valence-corrected chi connectivity index (χ4v) is 2.00. The number of hydrogen-bond donors (Lipinski definition) is 1. The van der Waals surface area contributed by atoms with Crippen molar-refractivity contribution < 1.29 is 4.79 Å². The Bertz CT molecular complexity index is 374. The third-order valence-corrected chi connectivity index (χ3v) is 3.12. The number of rotatable bonds is 3. The van der Waals surface area contributed by atoms with Gasteiger partial charge < -0.3 is 10.2 Å². The van der Waals surface area contributed by atoms with Crippen LogP contribution in [-0.4, -0.2) is 40.2 Å². The SMILES string of the molecule is CN1CC(NCc2ccnn2C)CCC1=O. The normalized spacial score (nSPS) is 21.5. The van der Waals surface area contributed by atoms with E-state index in [-0.39, 0.29) is 5.91 Å². The van der Waals surface area contributed by atoms with Crippen molar-refractivity contribution in [3.8, 4) is 0 Å². The first-order valence-corrected chi connectivity index (χ1v) is 5.61. The highest BCUT2D eigenvalue weighted by Crippen LogP contribution is 2.10. The minimum Gasteiger partial charge on any atom is -0.344 e. The van der Waals surface area contributed by atoms with Crippen molar-refractivity contribution in [1.29, 1.82) is 0 Å². The van der Waals surface area contributed by atoms with Gasteiger partial charge in [0.05, 0.1) is 5.69 Å². The number of piperidine rings is 1. The van der Waals surface area contributed by atoms with Crippen molar-refractivity contribution in [2.75, 3.05) is 13.6 Å². The van der Waals surface area contributed by atoms with Crippen LogP contribution in [0.25, 0.3) is 0 Å². The number of nitrogens with zero attached hydrogens (tertiary/aromatic N) is 3. The van der Waals surface area contributed by atoms with Gasteiger partial charge in [0.2, 0.25) is 5.91 Å². The maximum atomic E-state index is 11.3. The van der Waals surface area contributed by atoms with E-state index in [1.165, 1.54) is 5.69 Å². The van der Waals surface area contributed by atoms with Gasteiger partial charge in [-0.2, -0.15) is 5.10 Å². The van der Waals surface area contributed by atoms with Crippen LogP contribution in [0.3, 0.4) is 0 Å². The van der Waals surface area contributed by atoms with Crippen LogP contribution in [-0.2, 0) is 18.4 Å². The smallest absolute Gasteiger partial charge is 0.222 e. The van der Waals surface area contributed by atoms with E-state index in [2.05, 4.69) is 10.4 Å². The maximum Gasteiger partial charge on any atom is 0.222 e. The number of amides is 1. The molecule has 0 saturated carbocycles. The van der Waals surface area contributed by atoms with E-state index in [1.807, 2.05) is 24.8 Å². The molecule has 1 aliphatic heterocycles. The lowest BCUT2D eigenvalue weighted by Crippen LogP contribution is -2.46. The topological polar surface area (TPSA) is 50.2 Å². The lowest BCUT2D eigenvalue weighted by molar-refractivity contribution is -0.132. The van der Waals surface area contributed by atoms with Crippen LogP contribution in [0.5, 0.6) is 0 Å². The first kappa shape index (κ1) is 11.1. The molecule has 5 nitrogen and oxygen atoms in total. The Balaban J connectivity index is 1.83. The van der Waals surface area contributed by atoms with Crippen molar-refractivity contribution in [2.24, 2.45) is 7.05 Å². The molecule has 1 unspecified atom stereocenters. The Labute approximate surface area is 95.4 Å². The molecule has 16 heavy (non-hydrogen) atoms. The molecule has 1 aliphatic rings. The number of likely N-dealkylation sites (tertiary alicyclic amines) is 1. The lowest BCUT2D eigenvalue weighted by atomic mass is 10.1. The summed E-state index contributed by atoms with van der Waals surface area (Å²) in [5.41, 5.74) is 1.17. The molecule has 2 rings (SSSR count). The zero-order chi connectivity index (χ0) is 11.5. The predicted octanol–water partition coefficient (Wildman–Crippen LogP) is 0.130. The van der Waals surface area contributed by atoms with Gasteiger partial charge in [-0.25, -0.2) is 0 Å².